The Bertz CT molecular complexity index is 753. The molecule has 0 aromatic heterocycles. The molecule has 0 N–H and O–H groups in total. The van der Waals surface area contributed by atoms with Gasteiger partial charge in [0.15, 0.2) is 0 Å². The summed E-state index contributed by atoms with van der Waals surface area (Å²) < 4.78 is 15.4. The second-order valence-corrected chi connectivity index (χ2v) is 8.06. The van der Waals surface area contributed by atoms with Gasteiger partial charge in [-0.3, -0.25) is 4.79 Å². The minimum absolute atomic E-state index is 0.188. The van der Waals surface area contributed by atoms with E-state index in [4.69, 9.17) is 14.2 Å². The second kappa shape index (κ2) is 10.1. The van der Waals surface area contributed by atoms with Crippen LogP contribution in [0.25, 0.3) is 0 Å². The predicted molar refractivity (Wildman–Crippen MR) is 108 cm³/mol. The van der Waals surface area contributed by atoms with Gasteiger partial charge in [0.1, 0.15) is 29.0 Å². The van der Waals surface area contributed by atoms with Gasteiger partial charge < -0.3 is 14.2 Å². The molecule has 0 saturated carbocycles. The Balaban J connectivity index is 1.80. The van der Waals surface area contributed by atoms with E-state index < -0.39 is 4.32 Å². The maximum atomic E-state index is 11.6. The summed E-state index contributed by atoms with van der Waals surface area (Å²) in [6, 6.07) is 14.6. The predicted octanol–water partition coefficient (Wildman–Crippen LogP) is 5.60. The monoisotopic (exact) mass is 434 g/mol. The standard InChI is InChI=1S/C20H23BrN2O4/c1-4-25-17-9-5-15(6-10-17)22-23-16-7-11-18(12-8-16)26-13-14-27-19(24)20(2,3)21/h5-12H,4,13-14H2,1-3H3. The van der Waals surface area contributed by atoms with Crippen molar-refractivity contribution in [3.63, 3.8) is 0 Å². The summed E-state index contributed by atoms with van der Waals surface area (Å²) >= 11 is 3.25. The molecular weight excluding hydrogens is 412 g/mol. The van der Waals surface area contributed by atoms with Gasteiger partial charge in [0.05, 0.1) is 18.0 Å². The topological polar surface area (TPSA) is 69.5 Å². The number of hydrogen-bond acceptors (Lipinski definition) is 6. The molecule has 2 aromatic carbocycles. The summed E-state index contributed by atoms with van der Waals surface area (Å²) in [6.45, 7) is 6.51. The number of alkyl halides is 1. The zero-order chi connectivity index (χ0) is 19.7. The number of halogens is 1. The van der Waals surface area contributed by atoms with Crippen LogP contribution in [0.2, 0.25) is 0 Å². The SMILES string of the molecule is CCOc1ccc(N=Nc2ccc(OCCOC(=O)C(C)(C)Br)cc2)cc1. The van der Waals surface area contributed by atoms with Gasteiger partial charge in [-0.15, -0.1) is 0 Å². The lowest BCUT2D eigenvalue weighted by Gasteiger charge is -2.14. The molecule has 144 valence electrons. The first-order chi connectivity index (χ1) is 12.9. The molecule has 0 unspecified atom stereocenters. The Labute approximate surface area is 167 Å². The van der Waals surface area contributed by atoms with E-state index in [1.807, 2.05) is 31.2 Å². The first-order valence-electron chi connectivity index (χ1n) is 8.62. The second-order valence-electron chi connectivity index (χ2n) is 6.08. The summed E-state index contributed by atoms with van der Waals surface area (Å²) in [5, 5.41) is 8.39. The third kappa shape index (κ3) is 7.38. The molecule has 0 heterocycles. The van der Waals surface area contributed by atoms with Crippen LogP contribution in [0.3, 0.4) is 0 Å². The number of rotatable bonds is 9. The van der Waals surface area contributed by atoms with Crippen LogP contribution in [0.1, 0.15) is 20.8 Å². The molecule has 7 heteroatoms. The van der Waals surface area contributed by atoms with Gasteiger partial charge in [-0.25, -0.2) is 0 Å². The van der Waals surface area contributed by atoms with E-state index in [0.29, 0.717) is 18.0 Å². The van der Waals surface area contributed by atoms with Gasteiger partial charge in [-0.2, -0.15) is 10.2 Å². The summed E-state index contributed by atoms with van der Waals surface area (Å²) in [5.74, 6) is 1.16. The molecule has 0 aliphatic heterocycles. The van der Waals surface area contributed by atoms with Crippen LogP contribution in [0, 0.1) is 0 Å². The zero-order valence-electron chi connectivity index (χ0n) is 15.6. The van der Waals surface area contributed by atoms with Crippen LogP contribution < -0.4 is 9.47 Å². The van der Waals surface area contributed by atoms with Crippen molar-refractivity contribution in [2.45, 2.75) is 25.1 Å². The fourth-order valence-corrected chi connectivity index (χ4v) is 2.08. The lowest BCUT2D eigenvalue weighted by molar-refractivity contribution is -0.146. The Kier molecular flexibility index (Phi) is 7.79. The number of esters is 1. The maximum Gasteiger partial charge on any atom is 0.322 e. The number of hydrogen-bond donors (Lipinski definition) is 0. The van der Waals surface area contributed by atoms with Crippen molar-refractivity contribution in [3.05, 3.63) is 48.5 Å². The molecule has 0 atom stereocenters. The van der Waals surface area contributed by atoms with E-state index in [1.54, 1.807) is 38.1 Å². The smallest absolute Gasteiger partial charge is 0.322 e. The van der Waals surface area contributed by atoms with Crippen molar-refractivity contribution in [3.8, 4) is 11.5 Å². The average molecular weight is 435 g/mol. The number of carbonyl (C=O) groups is 1. The number of benzene rings is 2. The molecule has 6 nitrogen and oxygen atoms in total. The molecule has 27 heavy (non-hydrogen) atoms. The van der Waals surface area contributed by atoms with Crippen molar-refractivity contribution in [2.75, 3.05) is 19.8 Å². The fourth-order valence-electron chi connectivity index (χ4n) is 1.97. The number of ether oxygens (including phenoxy) is 3. The maximum absolute atomic E-state index is 11.6. The summed E-state index contributed by atoms with van der Waals surface area (Å²) in [7, 11) is 0. The van der Waals surface area contributed by atoms with Crippen molar-refractivity contribution in [1.29, 1.82) is 0 Å². The minimum Gasteiger partial charge on any atom is -0.494 e. The highest BCUT2D eigenvalue weighted by molar-refractivity contribution is 9.10. The highest BCUT2D eigenvalue weighted by Gasteiger charge is 2.25. The Morgan fingerprint density at radius 3 is 1.81 bits per heavy atom. The van der Waals surface area contributed by atoms with Crippen molar-refractivity contribution >= 4 is 33.3 Å². The van der Waals surface area contributed by atoms with Gasteiger partial charge in [0, 0.05) is 0 Å². The van der Waals surface area contributed by atoms with Crippen LogP contribution >= 0.6 is 15.9 Å². The van der Waals surface area contributed by atoms with Crippen LogP contribution in [0.5, 0.6) is 11.5 Å². The minimum atomic E-state index is -0.691. The normalized spacial score (nSPS) is 11.4. The summed E-state index contributed by atoms with van der Waals surface area (Å²) in [5.41, 5.74) is 1.46. The third-order valence-corrected chi connectivity index (χ3v) is 3.66. The van der Waals surface area contributed by atoms with E-state index in [0.717, 1.165) is 11.4 Å². The first kappa shape index (κ1) is 20.9. The highest BCUT2D eigenvalue weighted by Crippen LogP contribution is 2.23. The summed E-state index contributed by atoms with van der Waals surface area (Å²) in [6.07, 6.45) is 0. The Morgan fingerprint density at radius 2 is 1.37 bits per heavy atom. The van der Waals surface area contributed by atoms with E-state index in [-0.39, 0.29) is 19.2 Å². The lowest BCUT2D eigenvalue weighted by Crippen LogP contribution is -2.28. The quantitative estimate of drug-likeness (QED) is 0.223. The largest absolute Gasteiger partial charge is 0.494 e. The molecule has 0 aliphatic rings. The average Bonchev–Trinajstić information content (AvgIpc) is 2.65. The van der Waals surface area contributed by atoms with Crippen LogP contribution in [0.15, 0.2) is 58.8 Å². The van der Waals surface area contributed by atoms with Crippen LogP contribution in [0.4, 0.5) is 11.4 Å². The Morgan fingerprint density at radius 1 is 0.889 bits per heavy atom. The molecule has 0 bridgehead atoms. The van der Waals surface area contributed by atoms with Gasteiger partial charge in [0.2, 0.25) is 0 Å². The van der Waals surface area contributed by atoms with Gasteiger partial charge >= 0.3 is 5.97 Å². The Hall–Kier alpha value is -2.41. The zero-order valence-corrected chi connectivity index (χ0v) is 17.2. The third-order valence-electron chi connectivity index (χ3n) is 3.34. The molecule has 0 aliphatic carbocycles. The molecule has 2 rings (SSSR count). The molecule has 0 spiro atoms. The van der Waals surface area contributed by atoms with Crippen molar-refractivity contribution < 1.29 is 19.0 Å². The van der Waals surface area contributed by atoms with Gasteiger partial charge in [-0.05, 0) is 69.3 Å². The molecule has 0 saturated heterocycles. The highest BCUT2D eigenvalue weighted by atomic mass is 79.9. The van der Waals surface area contributed by atoms with E-state index >= 15 is 0 Å². The summed E-state index contributed by atoms with van der Waals surface area (Å²) in [4.78, 5) is 11.6. The molecule has 0 radical (unpaired) electrons. The van der Waals surface area contributed by atoms with E-state index in [1.165, 1.54) is 0 Å². The number of carbonyl (C=O) groups excluding carboxylic acids is 1. The van der Waals surface area contributed by atoms with Crippen molar-refractivity contribution in [1.82, 2.24) is 0 Å². The molecule has 0 amide bonds. The number of nitrogens with zero attached hydrogens (tertiary/aromatic N) is 2. The lowest BCUT2D eigenvalue weighted by atomic mass is 10.2. The van der Waals surface area contributed by atoms with Gasteiger partial charge in [-0.1, -0.05) is 15.9 Å². The number of azo groups is 1. The van der Waals surface area contributed by atoms with E-state index in [9.17, 15) is 4.79 Å². The first-order valence-corrected chi connectivity index (χ1v) is 9.41. The molecular formula is C20H23BrN2O4. The van der Waals surface area contributed by atoms with Crippen LogP contribution in [-0.4, -0.2) is 30.1 Å². The van der Waals surface area contributed by atoms with Gasteiger partial charge in [0.25, 0.3) is 0 Å². The van der Waals surface area contributed by atoms with E-state index in [2.05, 4.69) is 26.2 Å². The van der Waals surface area contributed by atoms with Crippen molar-refractivity contribution in [2.24, 2.45) is 10.2 Å². The molecule has 2 aromatic rings. The van der Waals surface area contributed by atoms with Crippen LogP contribution in [-0.2, 0) is 9.53 Å². The fraction of sp³-hybridized carbons (Fsp3) is 0.350. The molecule has 0 fully saturated rings.